The SMILES string of the molecule is C1COC1.COCCOc1cc(C(=O)OC)cc2c1nc(Cc1cc(F)c(Br)cc1F)n2C. The van der Waals surface area contributed by atoms with Crippen molar-refractivity contribution in [2.45, 2.75) is 12.8 Å². The van der Waals surface area contributed by atoms with Crippen LogP contribution >= 0.6 is 15.9 Å². The lowest BCUT2D eigenvalue weighted by molar-refractivity contribution is 0.0367. The predicted molar refractivity (Wildman–Crippen MR) is 122 cm³/mol. The number of hydrogen-bond acceptors (Lipinski definition) is 6. The molecule has 0 bridgehead atoms. The molecular weight excluding hydrogens is 502 g/mol. The van der Waals surface area contributed by atoms with Crippen LogP contribution in [-0.2, 0) is 27.7 Å². The number of rotatable bonds is 7. The molecule has 2 aromatic carbocycles. The van der Waals surface area contributed by atoms with Crippen LogP contribution in [-0.4, -0.2) is 56.2 Å². The first-order valence-electron chi connectivity index (χ1n) is 10.3. The van der Waals surface area contributed by atoms with Gasteiger partial charge in [-0.15, -0.1) is 0 Å². The van der Waals surface area contributed by atoms with Gasteiger partial charge in [0.15, 0.2) is 0 Å². The normalized spacial score (nSPS) is 12.7. The molecule has 0 saturated carbocycles. The Hall–Kier alpha value is -2.56. The predicted octanol–water partition coefficient (Wildman–Crippen LogP) is 4.42. The summed E-state index contributed by atoms with van der Waals surface area (Å²) in [4.78, 5) is 16.6. The summed E-state index contributed by atoms with van der Waals surface area (Å²) in [6, 6.07) is 5.39. The Bertz CT molecular complexity index is 1130. The van der Waals surface area contributed by atoms with E-state index in [1.165, 1.54) is 13.5 Å². The van der Waals surface area contributed by atoms with E-state index in [0.29, 0.717) is 34.8 Å². The Morgan fingerprint density at radius 1 is 1.15 bits per heavy atom. The van der Waals surface area contributed by atoms with Crippen molar-refractivity contribution in [3.8, 4) is 5.75 Å². The fraction of sp³-hybridized carbons (Fsp3) is 0.391. The number of aryl methyl sites for hydroxylation is 1. The number of methoxy groups -OCH3 is 2. The van der Waals surface area contributed by atoms with Gasteiger partial charge in [0, 0.05) is 33.8 Å². The largest absolute Gasteiger partial charge is 0.489 e. The third-order valence-electron chi connectivity index (χ3n) is 5.03. The summed E-state index contributed by atoms with van der Waals surface area (Å²) in [5, 5.41) is 0. The number of imidazole rings is 1. The van der Waals surface area contributed by atoms with Crippen molar-refractivity contribution >= 4 is 32.9 Å². The Morgan fingerprint density at radius 2 is 1.85 bits per heavy atom. The lowest BCUT2D eigenvalue weighted by Crippen LogP contribution is -2.09. The standard InChI is InChI=1S/C20H19BrF2N2O4.C3H6O/c1-25-16-7-12(20(26)28-3)8-17(29-5-4-27-2)19(16)24-18(25)9-11-6-15(23)13(21)10-14(11)22;1-2-4-3-1/h6-8,10H,4-5,9H2,1-3H3;1-3H2. The van der Waals surface area contributed by atoms with E-state index in [1.54, 1.807) is 30.9 Å². The first-order valence-corrected chi connectivity index (χ1v) is 11.1. The highest BCUT2D eigenvalue weighted by atomic mass is 79.9. The number of halogens is 3. The van der Waals surface area contributed by atoms with Gasteiger partial charge in [-0.25, -0.2) is 18.6 Å². The number of ether oxygens (including phenoxy) is 4. The minimum atomic E-state index is -0.559. The van der Waals surface area contributed by atoms with E-state index < -0.39 is 17.6 Å². The fourth-order valence-electron chi connectivity index (χ4n) is 3.06. The van der Waals surface area contributed by atoms with Crippen LogP contribution in [0.2, 0.25) is 0 Å². The molecule has 2 heterocycles. The molecule has 0 unspecified atom stereocenters. The second-order valence-corrected chi connectivity index (χ2v) is 8.12. The molecule has 7 nitrogen and oxygen atoms in total. The lowest BCUT2D eigenvalue weighted by atomic mass is 10.1. The zero-order valence-corrected chi connectivity index (χ0v) is 20.2. The molecule has 0 N–H and O–H groups in total. The molecule has 10 heteroatoms. The zero-order chi connectivity index (χ0) is 24.0. The third kappa shape index (κ3) is 6.07. The summed E-state index contributed by atoms with van der Waals surface area (Å²) in [6.45, 7) is 2.61. The summed E-state index contributed by atoms with van der Waals surface area (Å²) in [5.41, 5.74) is 1.57. The summed E-state index contributed by atoms with van der Waals surface area (Å²) >= 11 is 2.97. The molecule has 0 atom stereocenters. The first kappa shape index (κ1) is 25.1. The van der Waals surface area contributed by atoms with Gasteiger partial charge in [0.05, 0.1) is 29.3 Å². The van der Waals surface area contributed by atoms with E-state index in [2.05, 4.69) is 20.9 Å². The maximum absolute atomic E-state index is 14.3. The van der Waals surface area contributed by atoms with Crippen molar-refractivity contribution in [2.24, 2.45) is 7.05 Å². The third-order valence-corrected chi connectivity index (χ3v) is 5.63. The van der Waals surface area contributed by atoms with Crippen LogP contribution in [0.15, 0.2) is 28.7 Å². The number of aromatic nitrogens is 2. The average molecular weight is 527 g/mol. The van der Waals surface area contributed by atoms with E-state index in [0.717, 1.165) is 25.3 Å². The zero-order valence-electron chi connectivity index (χ0n) is 18.6. The van der Waals surface area contributed by atoms with Crippen molar-refractivity contribution in [3.63, 3.8) is 0 Å². The number of fused-ring (bicyclic) bond motifs is 1. The van der Waals surface area contributed by atoms with Gasteiger partial charge >= 0.3 is 5.97 Å². The van der Waals surface area contributed by atoms with E-state index in [4.69, 9.17) is 18.9 Å². The monoisotopic (exact) mass is 526 g/mol. The number of hydrogen-bond donors (Lipinski definition) is 0. The highest BCUT2D eigenvalue weighted by molar-refractivity contribution is 9.10. The van der Waals surface area contributed by atoms with Crippen molar-refractivity contribution in [1.29, 1.82) is 0 Å². The highest BCUT2D eigenvalue weighted by Gasteiger charge is 2.19. The molecule has 1 saturated heterocycles. The van der Waals surface area contributed by atoms with Crippen molar-refractivity contribution < 1.29 is 32.5 Å². The van der Waals surface area contributed by atoms with Gasteiger partial charge in [0.2, 0.25) is 0 Å². The topological polar surface area (TPSA) is 71.8 Å². The van der Waals surface area contributed by atoms with Crippen molar-refractivity contribution in [2.75, 3.05) is 40.6 Å². The van der Waals surface area contributed by atoms with Crippen LogP contribution in [0.1, 0.15) is 28.2 Å². The molecular formula is C23H25BrF2N2O5. The van der Waals surface area contributed by atoms with Crippen LogP contribution in [0.4, 0.5) is 8.78 Å². The summed E-state index contributed by atoms with van der Waals surface area (Å²) in [6.07, 6.45) is 1.34. The van der Waals surface area contributed by atoms with Crippen LogP contribution in [0.3, 0.4) is 0 Å². The highest BCUT2D eigenvalue weighted by Crippen LogP contribution is 2.30. The van der Waals surface area contributed by atoms with Crippen LogP contribution < -0.4 is 4.74 Å². The fourth-order valence-corrected chi connectivity index (χ4v) is 3.37. The maximum atomic E-state index is 14.3. The summed E-state index contributed by atoms with van der Waals surface area (Å²) in [5.74, 6) is -0.760. The second kappa shape index (κ2) is 11.5. The van der Waals surface area contributed by atoms with Gasteiger partial charge in [-0.1, -0.05) is 0 Å². The van der Waals surface area contributed by atoms with Crippen LogP contribution in [0.25, 0.3) is 11.0 Å². The van der Waals surface area contributed by atoms with Gasteiger partial charge < -0.3 is 23.5 Å². The summed E-state index contributed by atoms with van der Waals surface area (Å²) in [7, 11) is 4.57. The molecule has 33 heavy (non-hydrogen) atoms. The Labute approximate surface area is 198 Å². The molecule has 1 aromatic heterocycles. The maximum Gasteiger partial charge on any atom is 0.338 e. The molecule has 0 amide bonds. The minimum absolute atomic E-state index is 0.0558. The number of esters is 1. The lowest BCUT2D eigenvalue weighted by Gasteiger charge is -2.09. The van der Waals surface area contributed by atoms with E-state index in [9.17, 15) is 13.6 Å². The van der Waals surface area contributed by atoms with Gasteiger partial charge in [-0.2, -0.15) is 0 Å². The van der Waals surface area contributed by atoms with E-state index in [1.807, 2.05) is 0 Å². The van der Waals surface area contributed by atoms with Crippen molar-refractivity contribution in [3.05, 3.63) is 57.3 Å². The molecule has 178 valence electrons. The number of carbonyl (C=O) groups is 1. The van der Waals surface area contributed by atoms with Gasteiger partial charge in [-0.3, -0.25) is 0 Å². The second-order valence-electron chi connectivity index (χ2n) is 7.26. The van der Waals surface area contributed by atoms with E-state index in [-0.39, 0.29) is 23.1 Å². The van der Waals surface area contributed by atoms with E-state index >= 15 is 0 Å². The van der Waals surface area contributed by atoms with Gasteiger partial charge in [0.25, 0.3) is 0 Å². The minimum Gasteiger partial charge on any atom is -0.489 e. The van der Waals surface area contributed by atoms with Gasteiger partial charge in [-0.05, 0) is 52.2 Å². The number of benzene rings is 2. The molecule has 4 rings (SSSR count). The molecule has 1 aliphatic heterocycles. The molecule has 0 radical (unpaired) electrons. The molecule has 0 aliphatic carbocycles. The molecule has 0 spiro atoms. The van der Waals surface area contributed by atoms with Crippen LogP contribution in [0.5, 0.6) is 5.75 Å². The quantitative estimate of drug-likeness (QED) is 0.258. The molecule has 3 aromatic rings. The molecule has 1 aliphatic rings. The average Bonchev–Trinajstić information content (AvgIpc) is 3.06. The number of nitrogens with zero attached hydrogens (tertiary/aromatic N) is 2. The van der Waals surface area contributed by atoms with Crippen molar-refractivity contribution in [1.82, 2.24) is 9.55 Å². The Balaban J connectivity index is 0.000000690. The van der Waals surface area contributed by atoms with Crippen LogP contribution in [0, 0.1) is 11.6 Å². The first-order chi connectivity index (χ1) is 15.8. The van der Waals surface area contributed by atoms with Gasteiger partial charge in [0.1, 0.15) is 35.3 Å². The summed E-state index contributed by atoms with van der Waals surface area (Å²) < 4.78 is 50.1. The number of carbonyl (C=O) groups excluding carboxylic acids is 1. The Kier molecular flexibility index (Phi) is 8.76. The smallest absolute Gasteiger partial charge is 0.338 e. The molecule has 1 fully saturated rings. The Morgan fingerprint density at radius 3 is 2.45 bits per heavy atom.